The number of rotatable bonds is 8. The van der Waals surface area contributed by atoms with Crippen LogP contribution in [0.25, 0.3) is 10.8 Å². The first kappa shape index (κ1) is 24.7. The number of likely N-dealkylation sites (N-methyl/N-ethyl adjacent to an activating group) is 1. The van der Waals surface area contributed by atoms with Crippen LogP contribution in [0.5, 0.6) is 11.5 Å². The van der Waals surface area contributed by atoms with E-state index in [1.807, 2.05) is 49.4 Å². The minimum absolute atomic E-state index is 0.322. The molecule has 0 bridgehead atoms. The highest BCUT2D eigenvalue weighted by molar-refractivity contribution is 6.01. The quantitative estimate of drug-likeness (QED) is 0.384. The number of nitrogens with one attached hydrogen (secondary N) is 1. The smallest absolute Gasteiger partial charge is 0.259 e. The van der Waals surface area contributed by atoms with Crippen LogP contribution in [0.15, 0.2) is 85.2 Å². The van der Waals surface area contributed by atoms with Crippen LogP contribution in [-0.2, 0) is 4.79 Å². The van der Waals surface area contributed by atoms with Crippen LogP contribution in [-0.4, -0.2) is 43.0 Å². The number of carbonyl (C=O) groups excluding carboxylic acids is 2. The Hall–Kier alpha value is -4.39. The minimum Gasteiger partial charge on any atom is -0.497 e. The molecule has 0 radical (unpaired) electrons. The first-order valence-corrected chi connectivity index (χ1v) is 11.6. The average molecular weight is 484 g/mol. The second-order valence-corrected chi connectivity index (χ2v) is 8.33. The number of fused-ring (bicyclic) bond motifs is 1. The van der Waals surface area contributed by atoms with Gasteiger partial charge in [0, 0.05) is 31.1 Å². The van der Waals surface area contributed by atoms with Crippen molar-refractivity contribution in [3.8, 4) is 11.5 Å². The second-order valence-electron chi connectivity index (χ2n) is 8.33. The fraction of sp³-hybridized carbons (Fsp3) is 0.207. The molecule has 0 aliphatic heterocycles. The van der Waals surface area contributed by atoms with Crippen LogP contribution in [0.2, 0.25) is 0 Å². The largest absolute Gasteiger partial charge is 0.497 e. The van der Waals surface area contributed by atoms with Gasteiger partial charge < -0.3 is 19.7 Å². The van der Waals surface area contributed by atoms with Crippen molar-refractivity contribution >= 4 is 22.6 Å². The zero-order valence-electron chi connectivity index (χ0n) is 20.8. The van der Waals surface area contributed by atoms with E-state index in [9.17, 15) is 9.59 Å². The van der Waals surface area contributed by atoms with E-state index in [-0.39, 0.29) is 11.8 Å². The molecule has 0 saturated heterocycles. The molecule has 1 heterocycles. The van der Waals surface area contributed by atoms with Gasteiger partial charge in [0.2, 0.25) is 5.91 Å². The zero-order chi connectivity index (χ0) is 25.7. The molecule has 2 amide bonds. The molecule has 1 aromatic heterocycles. The molecule has 36 heavy (non-hydrogen) atoms. The Kier molecular flexibility index (Phi) is 7.49. The summed E-state index contributed by atoms with van der Waals surface area (Å²) in [6, 6.07) is 21.1. The second kappa shape index (κ2) is 10.9. The molecule has 1 N–H and O–H groups in total. The molecule has 7 nitrogen and oxygen atoms in total. The lowest BCUT2D eigenvalue weighted by Crippen LogP contribution is -2.44. The third-order valence-electron chi connectivity index (χ3n) is 6.34. The summed E-state index contributed by atoms with van der Waals surface area (Å²) in [6.45, 7) is 1.93. The van der Waals surface area contributed by atoms with Crippen LogP contribution in [0.3, 0.4) is 0 Å². The van der Waals surface area contributed by atoms with Gasteiger partial charge in [-0.1, -0.05) is 48.5 Å². The summed E-state index contributed by atoms with van der Waals surface area (Å²) in [7, 11) is 4.61. The molecule has 0 fully saturated rings. The number of methoxy groups -OCH3 is 2. The fourth-order valence-electron chi connectivity index (χ4n) is 4.51. The highest BCUT2D eigenvalue weighted by atomic mass is 16.5. The summed E-state index contributed by atoms with van der Waals surface area (Å²) in [4.78, 5) is 33.5. The van der Waals surface area contributed by atoms with Crippen molar-refractivity contribution in [1.82, 2.24) is 15.2 Å². The highest BCUT2D eigenvalue weighted by Gasteiger charge is 2.37. The van der Waals surface area contributed by atoms with E-state index >= 15 is 0 Å². The van der Waals surface area contributed by atoms with Crippen LogP contribution >= 0.6 is 0 Å². The lowest BCUT2D eigenvalue weighted by atomic mass is 9.95. The lowest BCUT2D eigenvalue weighted by molar-refractivity contribution is -0.126. The Bertz CT molecular complexity index is 1370. The Morgan fingerprint density at radius 2 is 1.72 bits per heavy atom. The monoisotopic (exact) mass is 483 g/mol. The number of amides is 2. The van der Waals surface area contributed by atoms with E-state index in [1.54, 1.807) is 61.8 Å². The third kappa shape index (κ3) is 4.73. The van der Waals surface area contributed by atoms with Gasteiger partial charge >= 0.3 is 0 Å². The maximum Gasteiger partial charge on any atom is 0.259 e. The molecule has 0 saturated carbocycles. The Morgan fingerprint density at radius 3 is 2.42 bits per heavy atom. The summed E-state index contributed by atoms with van der Waals surface area (Å²) in [5, 5.41) is 4.79. The number of hydrogen-bond acceptors (Lipinski definition) is 5. The number of hydrogen-bond donors (Lipinski definition) is 1. The minimum atomic E-state index is -0.933. The van der Waals surface area contributed by atoms with E-state index < -0.39 is 12.1 Å². The zero-order valence-corrected chi connectivity index (χ0v) is 20.8. The summed E-state index contributed by atoms with van der Waals surface area (Å²) in [5.74, 6) is 0.242. The number of carbonyl (C=O) groups is 2. The predicted octanol–water partition coefficient (Wildman–Crippen LogP) is 4.94. The number of nitrogens with zero attached hydrogens (tertiary/aromatic N) is 2. The molecule has 7 heteroatoms. The maximum atomic E-state index is 14.3. The summed E-state index contributed by atoms with van der Waals surface area (Å²) >= 11 is 0. The van der Waals surface area contributed by atoms with Crippen molar-refractivity contribution < 1.29 is 19.1 Å². The third-order valence-corrected chi connectivity index (χ3v) is 6.34. The molecule has 0 aliphatic carbocycles. The molecule has 3 aromatic carbocycles. The van der Waals surface area contributed by atoms with Gasteiger partial charge in [-0.15, -0.1) is 0 Å². The van der Waals surface area contributed by atoms with E-state index in [0.717, 1.165) is 16.3 Å². The van der Waals surface area contributed by atoms with E-state index in [0.29, 0.717) is 22.6 Å². The SMILES string of the molecule is CNC(=O)C(c1cccnc1)N(C(=O)c1ccc(OC)cc1OC)[C@H](C)c1cccc2ccccc12. The van der Waals surface area contributed by atoms with Gasteiger partial charge in [0.05, 0.1) is 25.8 Å². The molecule has 4 rings (SSSR count). The molecule has 0 spiro atoms. The van der Waals surface area contributed by atoms with Gasteiger partial charge in [-0.3, -0.25) is 14.6 Å². The van der Waals surface area contributed by atoms with Crippen molar-refractivity contribution in [3.05, 3.63) is 102 Å². The molecule has 4 aromatic rings. The molecule has 0 aliphatic rings. The Morgan fingerprint density at radius 1 is 0.944 bits per heavy atom. The maximum absolute atomic E-state index is 14.3. The average Bonchev–Trinajstić information content (AvgIpc) is 2.94. The predicted molar refractivity (Wildman–Crippen MR) is 139 cm³/mol. The first-order chi connectivity index (χ1) is 17.5. The van der Waals surface area contributed by atoms with Gasteiger partial charge in [0.1, 0.15) is 17.5 Å². The summed E-state index contributed by atoms with van der Waals surface area (Å²) < 4.78 is 10.9. The van der Waals surface area contributed by atoms with Gasteiger partial charge in [-0.05, 0) is 41.5 Å². The lowest BCUT2D eigenvalue weighted by Gasteiger charge is -2.36. The summed E-state index contributed by atoms with van der Waals surface area (Å²) in [5.41, 5.74) is 1.85. The normalized spacial score (nSPS) is 12.4. The first-order valence-electron chi connectivity index (χ1n) is 11.6. The van der Waals surface area contributed by atoms with Gasteiger partial charge in [-0.25, -0.2) is 0 Å². The van der Waals surface area contributed by atoms with Gasteiger partial charge in [0.25, 0.3) is 5.91 Å². The highest BCUT2D eigenvalue weighted by Crippen LogP contribution is 2.37. The molecule has 1 unspecified atom stereocenters. The number of benzene rings is 3. The van der Waals surface area contributed by atoms with Crippen LogP contribution in [0.4, 0.5) is 0 Å². The Labute approximate surface area is 210 Å². The molecular weight excluding hydrogens is 454 g/mol. The number of pyridine rings is 1. The van der Waals surface area contributed by atoms with Gasteiger partial charge in [0.15, 0.2) is 0 Å². The van der Waals surface area contributed by atoms with Crippen molar-refractivity contribution in [2.75, 3.05) is 21.3 Å². The van der Waals surface area contributed by atoms with Crippen molar-refractivity contribution in [2.45, 2.75) is 19.0 Å². The molecule has 184 valence electrons. The number of ether oxygens (including phenoxy) is 2. The van der Waals surface area contributed by atoms with E-state index in [1.165, 1.54) is 7.11 Å². The fourth-order valence-corrected chi connectivity index (χ4v) is 4.51. The molecule has 2 atom stereocenters. The van der Waals surface area contributed by atoms with Crippen molar-refractivity contribution in [2.24, 2.45) is 0 Å². The standard InChI is InChI=1S/C29H29N3O4/c1-19(23-13-7-10-20-9-5-6-12-24(20)23)32(27(28(33)30-2)21-11-8-16-31-18-21)29(34)25-15-14-22(35-3)17-26(25)36-4/h5-19,27H,1-4H3,(H,30,33)/t19-,27?/m1/s1. The number of aromatic nitrogens is 1. The van der Waals surface area contributed by atoms with E-state index in [2.05, 4.69) is 10.3 Å². The Balaban J connectivity index is 1.93. The summed E-state index contributed by atoms with van der Waals surface area (Å²) in [6.07, 6.45) is 3.25. The van der Waals surface area contributed by atoms with Gasteiger partial charge in [-0.2, -0.15) is 0 Å². The molecular formula is C29H29N3O4. The van der Waals surface area contributed by atoms with Crippen molar-refractivity contribution in [1.29, 1.82) is 0 Å². The van der Waals surface area contributed by atoms with Crippen LogP contribution < -0.4 is 14.8 Å². The van der Waals surface area contributed by atoms with Crippen molar-refractivity contribution in [3.63, 3.8) is 0 Å². The van der Waals surface area contributed by atoms with Crippen LogP contribution in [0, 0.1) is 0 Å². The van der Waals surface area contributed by atoms with E-state index in [4.69, 9.17) is 9.47 Å². The van der Waals surface area contributed by atoms with Crippen LogP contribution in [0.1, 0.15) is 40.5 Å². The topological polar surface area (TPSA) is 80.8 Å².